The predicted octanol–water partition coefficient (Wildman–Crippen LogP) is 2.09. The molecule has 4 nitrogen and oxygen atoms in total. The zero-order chi connectivity index (χ0) is 13.2. The minimum Gasteiger partial charge on any atom is -0.343 e. The van der Waals surface area contributed by atoms with Crippen LogP contribution in [-0.4, -0.2) is 18.4 Å². The van der Waals surface area contributed by atoms with Crippen molar-refractivity contribution in [2.75, 3.05) is 11.4 Å². The van der Waals surface area contributed by atoms with Crippen LogP contribution in [0.3, 0.4) is 0 Å². The highest BCUT2D eigenvalue weighted by atomic mass is 16.2. The van der Waals surface area contributed by atoms with Crippen LogP contribution in [-0.2, 0) is 4.79 Å². The molecule has 2 aromatic rings. The molecule has 4 heteroatoms. The van der Waals surface area contributed by atoms with Gasteiger partial charge in [-0.2, -0.15) is 0 Å². The normalized spacial score (nSPS) is 14.6. The Morgan fingerprint density at radius 3 is 2.37 bits per heavy atom. The van der Waals surface area contributed by atoms with E-state index in [1.807, 2.05) is 36.4 Å². The van der Waals surface area contributed by atoms with Gasteiger partial charge in [-0.25, -0.2) is 0 Å². The number of carbonyl (C=O) groups is 2. The summed E-state index contributed by atoms with van der Waals surface area (Å²) in [5, 5.41) is 2.62. The highest BCUT2D eigenvalue weighted by Gasteiger charge is 2.26. The fourth-order valence-corrected chi connectivity index (χ4v) is 2.19. The summed E-state index contributed by atoms with van der Waals surface area (Å²) in [7, 11) is 0. The van der Waals surface area contributed by atoms with Gasteiger partial charge in [0, 0.05) is 5.69 Å². The molecule has 2 amide bonds. The van der Waals surface area contributed by atoms with Crippen LogP contribution in [0.4, 0.5) is 11.4 Å². The maximum Gasteiger partial charge on any atom is 0.253 e. The van der Waals surface area contributed by atoms with Gasteiger partial charge < -0.3 is 5.32 Å². The van der Waals surface area contributed by atoms with Crippen molar-refractivity contribution in [3.8, 4) is 0 Å². The number of anilines is 2. The molecule has 94 valence electrons. The van der Waals surface area contributed by atoms with E-state index in [4.69, 9.17) is 0 Å². The number of rotatable bonds is 1. The number of nitrogens with one attached hydrogen (secondary N) is 1. The number of benzene rings is 2. The fraction of sp³-hybridized carbons (Fsp3) is 0.0667. The summed E-state index contributed by atoms with van der Waals surface area (Å²) < 4.78 is 0. The molecular formula is C15H12N2O2. The molecule has 2 aromatic carbocycles. The zero-order valence-corrected chi connectivity index (χ0v) is 10.2. The van der Waals surface area contributed by atoms with Crippen LogP contribution in [0.1, 0.15) is 10.4 Å². The van der Waals surface area contributed by atoms with Gasteiger partial charge in [0.25, 0.3) is 11.8 Å². The van der Waals surface area contributed by atoms with Gasteiger partial charge in [-0.15, -0.1) is 0 Å². The Morgan fingerprint density at radius 2 is 1.58 bits per heavy atom. The Morgan fingerprint density at radius 1 is 0.895 bits per heavy atom. The summed E-state index contributed by atoms with van der Waals surface area (Å²) in [6, 6.07) is 16.4. The SMILES string of the molecule is O=C1NCC(=O)N(c2ccccc2)c2ccccc21. The molecule has 19 heavy (non-hydrogen) atoms. The molecule has 0 aliphatic carbocycles. The van der Waals surface area contributed by atoms with E-state index in [2.05, 4.69) is 5.32 Å². The van der Waals surface area contributed by atoms with Crippen molar-refractivity contribution in [2.45, 2.75) is 0 Å². The molecule has 0 radical (unpaired) electrons. The van der Waals surface area contributed by atoms with Crippen LogP contribution >= 0.6 is 0 Å². The average molecular weight is 252 g/mol. The van der Waals surface area contributed by atoms with Gasteiger partial charge in [-0.05, 0) is 24.3 Å². The Bertz CT molecular complexity index is 638. The molecule has 0 atom stereocenters. The third kappa shape index (κ3) is 1.97. The Kier molecular flexibility index (Phi) is 2.76. The van der Waals surface area contributed by atoms with Crippen molar-refractivity contribution in [3.63, 3.8) is 0 Å². The van der Waals surface area contributed by atoms with Gasteiger partial charge in [0.2, 0.25) is 0 Å². The number of amides is 2. The lowest BCUT2D eigenvalue weighted by atomic mass is 10.1. The average Bonchev–Trinajstić information content (AvgIpc) is 2.58. The number of nitrogens with zero attached hydrogens (tertiary/aromatic N) is 1. The smallest absolute Gasteiger partial charge is 0.253 e. The molecule has 0 bridgehead atoms. The highest BCUT2D eigenvalue weighted by molar-refractivity contribution is 6.12. The standard InChI is InChI=1S/C15H12N2O2/c18-14-10-16-15(19)12-8-4-5-9-13(12)17(14)11-6-2-1-3-7-11/h1-9H,10H2,(H,16,19). The molecule has 0 aromatic heterocycles. The largest absolute Gasteiger partial charge is 0.343 e. The van der Waals surface area contributed by atoms with E-state index in [0.717, 1.165) is 5.69 Å². The molecule has 0 saturated heterocycles. The van der Waals surface area contributed by atoms with Crippen molar-refractivity contribution in [2.24, 2.45) is 0 Å². The van der Waals surface area contributed by atoms with E-state index in [-0.39, 0.29) is 18.4 Å². The highest BCUT2D eigenvalue weighted by Crippen LogP contribution is 2.29. The van der Waals surface area contributed by atoms with Crippen LogP contribution in [0, 0.1) is 0 Å². The molecular weight excluding hydrogens is 240 g/mol. The van der Waals surface area contributed by atoms with Gasteiger partial charge in [-0.1, -0.05) is 30.3 Å². The molecule has 1 heterocycles. The van der Waals surface area contributed by atoms with Crippen molar-refractivity contribution in [3.05, 3.63) is 60.2 Å². The first kappa shape index (κ1) is 11.5. The molecule has 0 fully saturated rings. The first-order valence-corrected chi connectivity index (χ1v) is 6.02. The lowest BCUT2D eigenvalue weighted by Crippen LogP contribution is -2.33. The van der Waals surface area contributed by atoms with Gasteiger partial charge >= 0.3 is 0 Å². The maximum absolute atomic E-state index is 12.2. The van der Waals surface area contributed by atoms with Crippen molar-refractivity contribution >= 4 is 23.2 Å². The first-order valence-electron chi connectivity index (χ1n) is 6.02. The van der Waals surface area contributed by atoms with Crippen molar-refractivity contribution in [1.82, 2.24) is 5.32 Å². The van der Waals surface area contributed by atoms with E-state index < -0.39 is 0 Å². The summed E-state index contributed by atoms with van der Waals surface area (Å²) in [6.45, 7) is 0.00239. The van der Waals surface area contributed by atoms with E-state index in [9.17, 15) is 9.59 Å². The second-order valence-corrected chi connectivity index (χ2v) is 4.26. The molecule has 0 spiro atoms. The second-order valence-electron chi connectivity index (χ2n) is 4.26. The fourth-order valence-electron chi connectivity index (χ4n) is 2.19. The molecule has 0 unspecified atom stereocenters. The first-order chi connectivity index (χ1) is 9.27. The van der Waals surface area contributed by atoms with Gasteiger partial charge in [0.1, 0.15) is 0 Å². The van der Waals surface area contributed by atoms with E-state index in [1.54, 1.807) is 23.1 Å². The third-order valence-electron chi connectivity index (χ3n) is 3.05. The molecule has 1 aliphatic heterocycles. The zero-order valence-electron chi connectivity index (χ0n) is 10.2. The Balaban J connectivity index is 2.19. The van der Waals surface area contributed by atoms with Crippen LogP contribution in [0.15, 0.2) is 54.6 Å². The lowest BCUT2D eigenvalue weighted by molar-refractivity contribution is -0.116. The lowest BCUT2D eigenvalue weighted by Gasteiger charge is -2.22. The quantitative estimate of drug-likeness (QED) is 0.845. The number of fused-ring (bicyclic) bond motifs is 1. The Hall–Kier alpha value is -2.62. The monoisotopic (exact) mass is 252 g/mol. The third-order valence-corrected chi connectivity index (χ3v) is 3.05. The number of carbonyl (C=O) groups excluding carboxylic acids is 2. The molecule has 3 rings (SSSR count). The number of para-hydroxylation sites is 2. The minimum absolute atomic E-state index is 0.00239. The van der Waals surface area contributed by atoms with Crippen LogP contribution < -0.4 is 10.2 Å². The van der Waals surface area contributed by atoms with Crippen LogP contribution in [0.2, 0.25) is 0 Å². The topological polar surface area (TPSA) is 49.4 Å². The minimum atomic E-state index is -0.220. The number of hydrogen-bond acceptors (Lipinski definition) is 2. The molecule has 0 saturated carbocycles. The van der Waals surface area contributed by atoms with Gasteiger partial charge in [0.05, 0.1) is 17.8 Å². The molecule has 1 aliphatic rings. The second kappa shape index (κ2) is 4.57. The van der Waals surface area contributed by atoms with Gasteiger partial charge in [0.15, 0.2) is 0 Å². The predicted molar refractivity (Wildman–Crippen MR) is 72.4 cm³/mol. The maximum atomic E-state index is 12.2. The summed E-state index contributed by atoms with van der Waals surface area (Å²) in [5.74, 6) is -0.369. The van der Waals surface area contributed by atoms with Crippen LogP contribution in [0.5, 0.6) is 0 Å². The summed E-state index contributed by atoms with van der Waals surface area (Å²) >= 11 is 0. The van der Waals surface area contributed by atoms with E-state index in [1.165, 1.54) is 0 Å². The van der Waals surface area contributed by atoms with E-state index in [0.29, 0.717) is 11.3 Å². The van der Waals surface area contributed by atoms with Crippen molar-refractivity contribution in [1.29, 1.82) is 0 Å². The van der Waals surface area contributed by atoms with Crippen LogP contribution in [0.25, 0.3) is 0 Å². The number of hydrogen-bond donors (Lipinski definition) is 1. The van der Waals surface area contributed by atoms with Crippen molar-refractivity contribution < 1.29 is 9.59 Å². The van der Waals surface area contributed by atoms with E-state index >= 15 is 0 Å². The van der Waals surface area contributed by atoms with Gasteiger partial charge in [-0.3, -0.25) is 14.5 Å². The summed E-state index contributed by atoms with van der Waals surface area (Å²) in [4.78, 5) is 25.7. The summed E-state index contributed by atoms with van der Waals surface area (Å²) in [5.41, 5.74) is 1.89. The summed E-state index contributed by atoms with van der Waals surface area (Å²) in [6.07, 6.45) is 0. The molecule has 1 N–H and O–H groups in total. The Labute approximate surface area is 110 Å².